The third-order valence-electron chi connectivity index (χ3n) is 6.83. The third-order valence-corrected chi connectivity index (χ3v) is 6.83. The van der Waals surface area contributed by atoms with E-state index in [0.717, 1.165) is 39.9 Å². The van der Waals surface area contributed by atoms with Crippen LogP contribution in [0.4, 0.5) is 0 Å². The van der Waals surface area contributed by atoms with Crippen LogP contribution in [0.2, 0.25) is 0 Å². The topological polar surface area (TPSA) is 51.7 Å². The molecule has 4 aromatic rings. The first kappa shape index (κ1) is 23.1. The molecule has 1 fully saturated rings. The van der Waals surface area contributed by atoms with Gasteiger partial charge in [0.1, 0.15) is 5.75 Å². The summed E-state index contributed by atoms with van der Waals surface area (Å²) in [5.74, 6) is 1.10. The summed E-state index contributed by atoms with van der Waals surface area (Å²) in [6.45, 7) is 4.49. The molecule has 0 saturated carbocycles. The van der Waals surface area contributed by atoms with E-state index in [2.05, 4.69) is 29.2 Å². The quantitative estimate of drug-likeness (QED) is 0.387. The van der Waals surface area contributed by atoms with Crippen LogP contribution in [0.1, 0.15) is 21.5 Å². The Morgan fingerprint density at radius 2 is 1.89 bits per heavy atom. The highest BCUT2D eigenvalue weighted by atomic mass is 16.5. The molecule has 0 aliphatic carbocycles. The van der Waals surface area contributed by atoms with Crippen LogP contribution < -0.4 is 4.74 Å². The molecule has 1 saturated heterocycles. The fourth-order valence-corrected chi connectivity index (χ4v) is 4.97. The summed E-state index contributed by atoms with van der Waals surface area (Å²) in [6.07, 6.45) is 2.67. The Balaban J connectivity index is 1.38. The first-order chi connectivity index (χ1) is 17.1. The van der Waals surface area contributed by atoms with E-state index in [4.69, 9.17) is 9.47 Å². The highest BCUT2D eigenvalue weighted by Gasteiger charge is 2.25. The monoisotopic (exact) mass is 466 g/mol. The van der Waals surface area contributed by atoms with Crippen molar-refractivity contribution in [3.05, 3.63) is 95.7 Å². The molecule has 2 heterocycles. The van der Waals surface area contributed by atoms with E-state index in [9.17, 15) is 4.79 Å². The minimum absolute atomic E-state index is 0.0629. The lowest BCUT2D eigenvalue weighted by Gasteiger charge is -2.25. The van der Waals surface area contributed by atoms with Crippen molar-refractivity contribution in [1.29, 1.82) is 0 Å². The van der Waals surface area contributed by atoms with Crippen molar-refractivity contribution >= 4 is 16.8 Å². The molecular weight excluding hydrogens is 436 g/mol. The van der Waals surface area contributed by atoms with Crippen molar-refractivity contribution in [1.82, 2.24) is 9.88 Å². The average Bonchev–Trinajstić information content (AvgIpc) is 3.14. The van der Waals surface area contributed by atoms with E-state index in [1.165, 1.54) is 10.9 Å². The summed E-state index contributed by atoms with van der Waals surface area (Å²) in [6, 6.07) is 24.3. The van der Waals surface area contributed by atoms with Gasteiger partial charge in [-0.05, 0) is 65.9 Å². The minimum Gasteiger partial charge on any atom is -0.497 e. The lowest BCUT2D eigenvalue weighted by molar-refractivity contribution is 0.0736. The Kier molecular flexibility index (Phi) is 6.77. The number of ether oxygens (including phenoxy) is 2. The van der Waals surface area contributed by atoms with Gasteiger partial charge in [-0.15, -0.1) is 0 Å². The fraction of sp³-hybridized carbons (Fsp3) is 0.267. The van der Waals surface area contributed by atoms with Crippen molar-refractivity contribution in [3.63, 3.8) is 0 Å². The molecule has 5 nitrogen and oxygen atoms in total. The molecule has 0 radical (unpaired) electrons. The molecular formula is C30H30N2O3. The number of hydrogen-bond acceptors (Lipinski definition) is 4. The number of amides is 1. The summed E-state index contributed by atoms with van der Waals surface area (Å²) < 4.78 is 11.2. The lowest BCUT2D eigenvalue weighted by Crippen LogP contribution is -2.36. The van der Waals surface area contributed by atoms with Crippen molar-refractivity contribution in [3.8, 4) is 16.9 Å². The molecule has 178 valence electrons. The van der Waals surface area contributed by atoms with Gasteiger partial charge in [0, 0.05) is 36.2 Å². The summed E-state index contributed by atoms with van der Waals surface area (Å²) in [4.78, 5) is 20.2. The highest BCUT2D eigenvalue weighted by Crippen LogP contribution is 2.29. The molecule has 0 spiro atoms. The summed E-state index contributed by atoms with van der Waals surface area (Å²) in [5.41, 5.74) is 6.11. The van der Waals surface area contributed by atoms with Gasteiger partial charge in [0.25, 0.3) is 5.91 Å². The van der Waals surface area contributed by atoms with Crippen LogP contribution in [-0.2, 0) is 11.2 Å². The number of aromatic nitrogens is 1. The van der Waals surface area contributed by atoms with Crippen LogP contribution in [-0.4, -0.2) is 49.2 Å². The van der Waals surface area contributed by atoms with Crippen LogP contribution in [0.15, 0.2) is 79.0 Å². The van der Waals surface area contributed by atoms with E-state index in [-0.39, 0.29) is 11.8 Å². The smallest absolute Gasteiger partial charge is 0.254 e. The maximum atomic E-state index is 13.7. The number of hydrogen-bond donors (Lipinski definition) is 0. The van der Waals surface area contributed by atoms with Gasteiger partial charge in [-0.3, -0.25) is 9.78 Å². The molecule has 1 unspecified atom stereocenters. The zero-order valence-corrected chi connectivity index (χ0v) is 20.2. The maximum absolute atomic E-state index is 13.7. The number of nitrogens with zero attached hydrogens (tertiary/aromatic N) is 2. The van der Waals surface area contributed by atoms with Crippen molar-refractivity contribution in [2.45, 2.75) is 13.3 Å². The first-order valence-corrected chi connectivity index (χ1v) is 12.1. The summed E-state index contributed by atoms with van der Waals surface area (Å²) in [7, 11) is 1.66. The van der Waals surface area contributed by atoms with E-state index < -0.39 is 0 Å². The van der Waals surface area contributed by atoms with Crippen molar-refractivity contribution in [2.75, 3.05) is 33.4 Å². The fourth-order valence-electron chi connectivity index (χ4n) is 4.97. The number of carbonyl (C=O) groups is 1. The number of fused-ring (bicyclic) bond motifs is 1. The zero-order chi connectivity index (χ0) is 24.2. The predicted octanol–water partition coefficient (Wildman–Crippen LogP) is 5.55. The Bertz CT molecular complexity index is 1330. The van der Waals surface area contributed by atoms with Gasteiger partial charge < -0.3 is 14.4 Å². The van der Waals surface area contributed by atoms with Crippen molar-refractivity contribution in [2.24, 2.45) is 5.92 Å². The molecule has 3 aromatic carbocycles. The molecule has 1 aromatic heterocycles. The van der Waals surface area contributed by atoms with Gasteiger partial charge in [-0.25, -0.2) is 0 Å². The number of rotatable bonds is 5. The third kappa shape index (κ3) is 4.91. The van der Waals surface area contributed by atoms with Gasteiger partial charge in [0.05, 0.1) is 25.8 Å². The van der Waals surface area contributed by atoms with E-state index in [0.29, 0.717) is 26.3 Å². The van der Waals surface area contributed by atoms with Gasteiger partial charge in [-0.2, -0.15) is 0 Å². The van der Waals surface area contributed by atoms with Crippen LogP contribution in [0.5, 0.6) is 5.75 Å². The molecule has 0 bridgehead atoms. The predicted molar refractivity (Wildman–Crippen MR) is 139 cm³/mol. The molecule has 5 rings (SSSR count). The van der Waals surface area contributed by atoms with Gasteiger partial charge in [0.15, 0.2) is 0 Å². The van der Waals surface area contributed by atoms with Crippen LogP contribution in [0.25, 0.3) is 22.0 Å². The molecule has 0 N–H and O–H groups in total. The van der Waals surface area contributed by atoms with E-state index in [1.807, 2.05) is 66.6 Å². The molecule has 1 atom stereocenters. The summed E-state index contributed by atoms with van der Waals surface area (Å²) >= 11 is 0. The Morgan fingerprint density at radius 1 is 1.06 bits per heavy atom. The number of methoxy groups -OCH3 is 1. The standard InChI is InChI=1S/C30H30N2O3/c1-21-26(23-11-13-25(34-2)14-12-23)7-4-8-27(21)30(33)32-16-17-35-20-22(19-32)18-24-6-3-10-29-28(24)9-5-15-31-29/h3-15,22H,16-20H2,1-2H3. The second-order valence-corrected chi connectivity index (χ2v) is 9.09. The van der Waals surface area contributed by atoms with Gasteiger partial charge in [0.2, 0.25) is 0 Å². The Hall–Kier alpha value is -3.70. The van der Waals surface area contributed by atoms with Crippen LogP contribution in [0.3, 0.4) is 0 Å². The van der Waals surface area contributed by atoms with Gasteiger partial charge >= 0.3 is 0 Å². The largest absolute Gasteiger partial charge is 0.497 e. The highest BCUT2D eigenvalue weighted by molar-refractivity contribution is 5.97. The number of benzene rings is 3. The van der Waals surface area contributed by atoms with Crippen LogP contribution in [0, 0.1) is 12.8 Å². The molecule has 35 heavy (non-hydrogen) atoms. The van der Waals surface area contributed by atoms with Gasteiger partial charge in [-0.1, -0.05) is 42.5 Å². The molecule has 1 aliphatic rings. The molecule has 1 aliphatic heterocycles. The number of pyridine rings is 1. The van der Waals surface area contributed by atoms with Crippen molar-refractivity contribution < 1.29 is 14.3 Å². The summed E-state index contributed by atoms with van der Waals surface area (Å²) in [5, 5.41) is 1.17. The molecule has 5 heteroatoms. The molecule has 1 amide bonds. The van der Waals surface area contributed by atoms with E-state index in [1.54, 1.807) is 7.11 Å². The Morgan fingerprint density at radius 3 is 2.71 bits per heavy atom. The first-order valence-electron chi connectivity index (χ1n) is 12.1. The zero-order valence-electron chi connectivity index (χ0n) is 20.2. The SMILES string of the molecule is COc1ccc(-c2cccc(C(=O)N3CCOCC(Cc4cccc5ncccc45)C3)c2C)cc1. The maximum Gasteiger partial charge on any atom is 0.254 e. The van der Waals surface area contributed by atoms with E-state index >= 15 is 0 Å². The lowest BCUT2D eigenvalue weighted by atomic mass is 9.94. The minimum atomic E-state index is 0.0629. The number of carbonyl (C=O) groups excluding carboxylic acids is 1. The second kappa shape index (κ2) is 10.3. The second-order valence-electron chi connectivity index (χ2n) is 9.09. The van der Waals surface area contributed by atoms with Crippen LogP contribution >= 0.6 is 0 Å². The normalized spacial score (nSPS) is 16.2. The average molecular weight is 467 g/mol. The Labute approximate surface area is 206 Å².